The van der Waals surface area contributed by atoms with Crippen molar-refractivity contribution in [1.29, 1.82) is 0 Å². The molecule has 2 N–H and O–H groups in total. The van der Waals surface area contributed by atoms with Crippen LogP contribution in [0.2, 0.25) is 0 Å². The van der Waals surface area contributed by atoms with Gasteiger partial charge in [-0.2, -0.15) is 0 Å². The van der Waals surface area contributed by atoms with Crippen molar-refractivity contribution in [2.45, 2.75) is 20.0 Å². The summed E-state index contributed by atoms with van der Waals surface area (Å²) in [6.45, 7) is 1.44. The molecule has 130 valence electrons. The number of benzene rings is 2. The van der Waals surface area contributed by atoms with Crippen molar-refractivity contribution < 1.29 is 19.1 Å². The Morgan fingerprint density at radius 1 is 0.920 bits per heavy atom. The fraction of sp³-hybridized carbons (Fsp3) is 0.211. The summed E-state index contributed by atoms with van der Waals surface area (Å²) >= 11 is 0. The van der Waals surface area contributed by atoms with Gasteiger partial charge in [0.25, 0.3) is 0 Å². The number of carbonyl (C=O) groups excluding carboxylic acids is 3. The van der Waals surface area contributed by atoms with Crippen LogP contribution in [0.3, 0.4) is 0 Å². The van der Waals surface area contributed by atoms with Gasteiger partial charge in [0.05, 0.1) is 6.42 Å². The van der Waals surface area contributed by atoms with Crippen molar-refractivity contribution >= 4 is 23.5 Å². The number of rotatable bonds is 7. The molecule has 2 rings (SSSR count). The smallest absolute Gasteiger partial charge is 0.325 e. The summed E-state index contributed by atoms with van der Waals surface area (Å²) in [6.07, 6.45) is 0.145. The van der Waals surface area contributed by atoms with Crippen molar-refractivity contribution in [1.82, 2.24) is 5.32 Å². The quantitative estimate of drug-likeness (QED) is 0.756. The normalized spacial score (nSPS) is 9.96. The maximum absolute atomic E-state index is 11.9. The summed E-state index contributed by atoms with van der Waals surface area (Å²) in [7, 11) is 0. The van der Waals surface area contributed by atoms with Crippen LogP contribution in [0, 0.1) is 0 Å². The summed E-state index contributed by atoms with van der Waals surface area (Å²) < 4.78 is 5.09. The largest absolute Gasteiger partial charge is 0.460 e. The van der Waals surface area contributed by atoms with Gasteiger partial charge < -0.3 is 15.4 Å². The molecule has 0 aliphatic rings. The number of anilines is 1. The third-order valence-electron chi connectivity index (χ3n) is 3.31. The van der Waals surface area contributed by atoms with Crippen LogP contribution in [0.1, 0.15) is 18.1 Å². The number of amides is 2. The molecule has 0 heterocycles. The van der Waals surface area contributed by atoms with E-state index < -0.39 is 5.97 Å². The van der Waals surface area contributed by atoms with Crippen LogP contribution < -0.4 is 10.6 Å². The maximum atomic E-state index is 11.9. The zero-order chi connectivity index (χ0) is 18.1. The highest BCUT2D eigenvalue weighted by Crippen LogP contribution is 2.10. The van der Waals surface area contributed by atoms with Crippen molar-refractivity contribution in [2.24, 2.45) is 0 Å². The van der Waals surface area contributed by atoms with Crippen LogP contribution in [0.15, 0.2) is 54.6 Å². The predicted molar refractivity (Wildman–Crippen MR) is 93.7 cm³/mol. The molecular weight excluding hydrogens is 320 g/mol. The Hall–Kier alpha value is -3.15. The van der Waals surface area contributed by atoms with E-state index >= 15 is 0 Å². The molecule has 2 aromatic carbocycles. The molecule has 2 amide bonds. The highest BCUT2D eigenvalue weighted by atomic mass is 16.5. The molecule has 2 aromatic rings. The number of ether oxygens (including phenoxy) is 1. The minimum absolute atomic E-state index is 0.145. The van der Waals surface area contributed by atoms with Gasteiger partial charge in [0.2, 0.25) is 11.8 Å². The highest BCUT2D eigenvalue weighted by molar-refractivity contribution is 5.88. The zero-order valence-corrected chi connectivity index (χ0v) is 14.0. The lowest BCUT2D eigenvalue weighted by molar-refractivity contribution is -0.145. The van der Waals surface area contributed by atoms with Gasteiger partial charge in [-0.15, -0.1) is 0 Å². The van der Waals surface area contributed by atoms with Crippen molar-refractivity contribution in [3.05, 3.63) is 65.7 Å². The number of hydrogen-bond acceptors (Lipinski definition) is 4. The Kier molecular flexibility index (Phi) is 6.71. The van der Waals surface area contributed by atoms with E-state index in [1.54, 1.807) is 24.3 Å². The van der Waals surface area contributed by atoms with E-state index in [0.29, 0.717) is 5.69 Å². The van der Waals surface area contributed by atoms with Crippen molar-refractivity contribution in [2.75, 3.05) is 11.9 Å². The Balaban J connectivity index is 1.71. The fourth-order valence-electron chi connectivity index (χ4n) is 2.12. The summed E-state index contributed by atoms with van der Waals surface area (Å²) in [6, 6.07) is 16.3. The molecule has 0 atom stereocenters. The first-order chi connectivity index (χ1) is 12.0. The lowest BCUT2D eigenvalue weighted by atomic mass is 10.1. The van der Waals surface area contributed by atoms with E-state index in [0.717, 1.165) is 11.1 Å². The van der Waals surface area contributed by atoms with E-state index in [4.69, 9.17) is 4.74 Å². The molecule has 25 heavy (non-hydrogen) atoms. The van der Waals surface area contributed by atoms with Crippen LogP contribution in [-0.4, -0.2) is 24.3 Å². The van der Waals surface area contributed by atoms with Gasteiger partial charge in [-0.3, -0.25) is 14.4 Å². The summed E-state index contributed by atoms with van der Waals surface area (Å²) in [5.41, 5.74) is 2.34. The molecular formula is C19H20N2O4. The minimum atomic E-state index is -0.488. The van der Waals surface area contributed by atoms with Crippen LogP contribution >= 0.6 is 0 Å². The minimum Gasteiger partial charge on any atom is -0.460 e. The molecule has 0 aromatic heterocycles. The van der Waals surface area contributed by atoms with Gasteiger partial charge in [-0.25, -0.2) is 0 Å². The first-order valence-corrected chi connectivity index (χ1v) is 7.85. The SMILES string of the molecule is CC(=O)Nc1ccc(CC(=O)NCC(=O)OCc2ccccc2)cc1. The summed E-state index contributed by atoms with van der Waals surface area (Å²) in [5.74, 6) is -0.915. The van der Waals surface area contributed by atoms with Crippen molar-refractivity contribution in [3.8, 4) is 0 Å². The summed E-state index contributed by atoms with van der Waals surface area (Å²) in [5, 5.41) is 5.18. The molecule has 0 fully saturated rings. The molecule has 0 aliphatic heterocycles. The second kappa shape index (κ2) is 9.22. The molecule has 0 saturated heterocycles. The van der Waals surface area contributed by atoms with Crippen LogP contribution in [-0.2, 0) is 32.1 Å². The Bertz CT molecular complexity index is 727. The number of hydrogen-bond donors (Lipinski definition) is 2. The summed E-state index contributed by atoms with van der Waals surface area (Å²) in [4.78, 5) is 34.5. The Labute approximate surface area is 146 Å². The number of nitrogens with one attached hydrogen (secondary N) is 2. The van der Waals surface area contributed by atoms with Crippen molar-refractivity contribution in [3.63, 3.8) is 0 Å². The first-order valence-electron chi connectivity index (χ1n) is 7.85. The molecule has 0 radical (unpaired) electrons. The van der Waals surface area contributed by atoms with Gasteiger partial charge >= 0.3 is 5.97 Å². The molecule has 6 heteroatoms. The van der Waals surface area contributed by atoms with Gasteiger partial charge in [0.15, 0.2) is 0 Å². The van der Waals surface area contributed by atoms with Gasteiger partial charge in [-0.05, 0) is 23.3 Å². The second-order valence-electron chi connectivity index (χ2n) is 5.48. The standard InChI is InChI=1S/C19H20N2O4/c1-14(22)21-17-9-7-15(8-10-17)11-18(23)20-12-19(24)25-13-16-5-3-2-4-6-16/h2-10H,11-13H2,1H3,(H,20,23)(H,21,22). The van der Waals surface area contributed by atoms with Gasteiger partial charge in [0, 0.05) is 12.6 Å². The maximum Gasteiger partial charge on any atom is 0.325 e. The lowest BCUT2D eigenvalue weighted by Crippen LogP contribution is -2.31. The van der Waals surface area contributed by atoms with E-state index in [9.17, 15) is 14.4 Å². The molecule has 6 nitrogen and oxygen atoms in total. The van der Waals surface area contributed by atoms with E-state index in [-0.39, 0.29) is 31.4 Å². The Morgan fingerprint density at radius 3 is 2.24 bits per heavy atom. The average molecular weight is 340 g/mol. The molecule has 0 saturated carbocycles. The molecule has 0 bridgehead atoms. The fourth-order valence-corrected chi connectivity index (χ4v) is 2.12. The number of carbonyl (C=O) groups is 3. The van der Waals surface area contributed by atoms with E-state index in [1.807, 2.05) is 30.3 Å². The van der Waals surface area contributed by atoms with Gasteiger partial charge in [0.1, 0.15) is 13.2 Å². The topological polar surface area (TPSA) is 84.5 Å². The third-order valence-corrected chi connectivity index (χ3v) is 3.31. The first kappa shape index (κ1) is 18.2. The molecule has 0 spiro atoms. The van der Waals surface area contributed by atoms with E-state index in [2.05, 4.69) is 10.6 Å². The average Bonchev–Trinajstić information content (AvgIpc) is 2.60. The Morgan fingerprint density at radius 2 is 1.60 bits per heavy atom. The molecule has 0 aliphatic carbocycles. The zero-order valence-electron chi connectivity index (χ0n) is 14.0. The third kappa shape index (κ3) is 6.87. The predicted octanol–water partition coefficient (Wildman–Crippen LogP) is 2.05. The van der Waals surface area contributed by atoms with Crippen LogP contribution in [0.25, 0.3) is 0 Å². The molecule has 0 unspecified atom stereocenters. The van der Waals surface area contributed by atoms with Crippen LogP contribution in [0.4, 0.5) is 5.69 Å². The highest BCUT2D eigenvalue weighted by Gasteiger charge is 2.08. The van der Waals surface area contributed by atoms with Gasteiger partial charge in [-0.1, -0.05) is 42.5 Å². The van der Waals surface area contributed by atoms with Crippen LogP contribution in [0.5, 0.6) is 0 Å². The number of esters is 1. The lowest BCUT2D eigenvalue weighted by Gasteiger charge is -2.07. The van der Waals surface area contributed by atoms with E-state index in [1.165, 1.54) is 6.92 Å². The monoisotopic (exact) mass is 340 g/mol. The second-order valence-corrected chi connectivity index (χ2v) is 5.48.